The average molecular weight is 590 g/mol. The highest BCUT2D eigenvalue weighted by Crippen LogP contribution is 2.27. The summed E-state index contributed by atoms with van der Waals surface area (Å²) >= 11 is 0. The number of alkyl carbamates (subject to hydrolysis) is 1. The van der Waals surface area contributed by atoms with Gasteiger partial charge in [-0.15, -0.1) is 6.42 Å². The van der Waals surface area contributed by atoms with E-state index in [1.807, 2.05) is 79.7 Å². The number of carbonyl (C=O) groups excluding carboxylic acids is 3. The summed E-state index contributed by atoms with van der Waals surface area (Å²) in [6, 6.07) is 28.0. The maximum absolute atomic E-state index is 14.5. The highest BCUT2D eigenvalue weighted by molar-refractivity contribution is 6.00. The highest BCUT2D eigenvalue weighted by atomic mass is 16.6. The molecule has 0 heterocycles. The van der Waals surface area contributed by atoms with Crippen molar-refractivity contribution in [3.63, 3.8) is 0 Å². The molecule has 4 aromatic rings. The molecule has 3 amide bonds. The van der Waals surface area contributed by atoms with E-state index >= 15 is 0 Å². The van der Waals surface area contributed by atoms with Gasteiger partial charge in [-0.05, 0) is 73.4 Å². The first-order valence-corrected chi connectivity index (χ1v) is 14.8. The molecule has 4 aromatic carbocycles. The Morgan fingerprint density at radius 3 is 2.18 bits per heavy atom. The second kappa shape index (κ2) is 14.4. The minimum Gasteiger partial charge on any atom is -0.444 e. The number of hydrogen-bond donors (Lipinski definition) is 2. The van der Waals surface area contributed by atoms with Gasteiger partial charge in [0, 0.05) is 24.2 Å². The second-order valence-corrected chi connectivity index (χ2v) is 11.6. The Morgan fingerprint density at radius 1 is 0.886 bits per heavy atom. The molecule has 44 heavy (non-hydrogen) atoms. The third-order valence-electron chi connectivity index (χ3n) is 6.99. The monoisotopic (exact) mass is 589 g/mol. The number of benzene rings is 4. The number of anilines is 1. The lowest BCUT2D eigenvalue weighted by Crippen LogP contribution is -2.53. The minimum atomic E-state index is -1.00. The molecule has 0 saturated heterocycles. The van der Waals surface area contributed by atoms with Gasteiger partial charge in [-0.2, -0.15) is 0 Å². The Balaban J connectivity index is 1.73. The molecule has 0 radical (unpaired) electrons. The van der Waals surface area contributed by atoms with Crippen LogP contribution in [0.3, 0.4) is 0 Å². The molecule has 2 atom stereocenters. The van der Waals surface area contributed by atoms with Gasteiger partial charge in [0.05, 0.1) is 0 Å². The normalized spacial score (nSPS) is 12.4. The first-order valence-electron chi connectivity index (χ1n) is 14.8. The zero-order valence-corrected chi connectivity index (χ0v) is 25.7. The van der Waals surface area contributed by atoms with Crippen LogP contribution in [0.25, 0.3) is 10.8 Å². The molecule has 0 aliphatic rings. The summed E-state index contributed by atoms with van der Waals surface area (Å²) in [6.07, 6.45) is 5.69. The van der Waals surface area contributed by atoms with Gasteiger partial charge in [0.1, 0.15) is 17.7 Å². The van der Waals surface area contributed by atoms with Crippen molar-refractivity contribution in [3.05, 3.63) is 114 Å². The lowest BCUT2D eigenvalue weighted by molar-refractivity contribution is -0.140. The third-order valence-corrected chi connectivity index (χ3v) is 6.99. The van der Waals surface area contributed by atoms with Gasteiger partial charge in [-0.1, -0.05) is 85.6 Å². The highest BCUT2D eigenvalue weighted by Gasteiger charge is 2.36. The third kappa shape index (κ3) is 8.48. The number of ether oxygens (including phenoxy) is 1. The largest absolute Gasteiger partial charge is 0.444 e. The quantitative estimate of drug-likeness (QED) is 0.198. The van der Waals surface area contributed by atoms with E-state index in [1.54, 1.807) is 45.0 Å². The summed E-state index contributed by atoms with van der Waals surface area (Å²) in [6.45, 7) is 7.49. The van der Waals surface area contributed by atoms with Crippen molar-refractivity contribution in [1.82, 2.24) is 10.2 Å². The smallest absolute Gasteiger partial charge is 0.408 e. The van der Waals surface area contributed by atoms with Crippen LogP contribution in [0.4, 0.5) is 10.5 Å². The number of terminal acetylenes is 1. The van der Waals surface area contributed by atoms with E-state index < -0.39 is 29.7 Å². The summed E-state index contributed by atoms with van der Waals surface area (Å²) < 4.78 is 5.51. The summed E-state index contributed by atoms with van der Waals surface area (Å²) in [4.78, 5) is 43.1. The van der Waals surface area contributed by atoms with Gasteiger partial charge < -0.3 is 20.3 Å². The van der Waals surface area contributed by atoms with E-state index in [0.717, 1.165) is 16.3 Å². The molecule has 0 spiro atoms. The fraction of sp³-hybridized carbons (Fsp3) is 0.270. The maximum atomic E-state index is 14.5. The van der Waals surface area contributed by atoms with Gasteiger partial charge in [-0.3, -0.25) is 9.59 Å². The number of rotatable bonds is 10. The summed E-state index contributed by atoms with van der Waals surface area (Å²) in [5.41, 5.74) is 1.96. The van der Waals surface area contributed by atoms with Crippen LogP contribution in [0.2, 0.25) is 0 Å². The summed E-state index contributed by atoms with van der Waals surface area (Å²) in [7, 11) is 0. The zero-order valence-electron chi connectivity index (χ0n) is 25.7. The van der Waals surface area contributed by atoms with Crippen LogP contribution in [0.1, 0.15) is 56.8 Å². The summed E-state index contributed by atoms with van der Waals surface area (Å²) in [5, 5.41) is 7.84. The van der Waals surface area contributed by atoms with Crippen molar-refractivity contribution in [1.29, 1.82) is 0 Å². The molecule has 0 bridgehead atoms. The number of fused-ring (bicyclic) bond motifs is 1. The summed E-state index contributed by atoms with van der Waals surface area (Å²) in [5.74, 6) is 1.81. The van der Waals surface area contributed by atoms with Crippen LogP contribution in [0.15, 0.2) is 97.1 Å². The molecule has 2 unspecified atom stereocenters. The zero-order chi connectivity index (χ0) is 31.7. The average Bonchev–Trinajstić information content (AvgIpc) is 3.00. The Bertz CT molecular complexity index is 1640. The van der Waals surface area contributed by atoms with Crippen LogP contribution < -0.4 is 10.6 Å². The molecule has 226 valence electrons. The van der Waals surface area contributed by atoms with E-state index in [4.69, 9.17) is 11.2 Å². The molecular weight excluding hydrogens is 550 g/mol. The molecule has 7 nitrogen and oxygen atoms in total. The van der Waals surface area contributed by atoms with Crippen molar-refractivity contribution in [3.8, 4) is 12.3 Å². The number of amides is 3. The van der Waals surface area contributed by atoms with Crippen LogP contribution in [-0.2, 0) is 20.7 Å². The lowest BCUT2D eigenvalue weighted by atomic mass is 9.99. The molecule has 0 aliphatic carbocycles. The Morgan fingerprint density at radius 2 is 1.55 bits per heavy atom. The lowest BCUT2D eigenvalue weighted by Gasteiger charge is -2.34. The van der Waals surface area contributed by atoms with Crippen LogP contribution in [-0.4, -0.2) is 41.0 Å². The Hall–Kier alpha value is -5.09. The molecule has 0 fully saturated rings. The molecular formula is C37H39N3O4. The maximum Gasteiger partial charge on any atom is 0.408 e. The first kappa shape index (κ1) is 31.8. The predicted molar refractivity (Wildman–Crippen MR) is 175 cm³/mol. The predicted octanol–water partition coefficient (Wildman–Crippen LogP) is 6.88. The first-order chi connectivity index (χ1) is 21.1. The number of hydrogen-bond acceptors (Lipinski definition) is 4. The number of carbonyl (C=O) groups is 3. The van der Waals surface area contributed by atoms with Crippen molar-refractivity contribution in [2.24, 2.45) is 0 Å². The molecule has 2 N–H and O–H groups in total. The fourth-order valence-corrected chi connectivity index (χ4v) is 5.02. The molecule has 0 saturated carbocycles. The van der Waals surface area contributed by atoms with Gasteiger partial charge in [-0.25, -0.2) is 4.79 Å². The van der Waals surface area contributed by atoms with E-state index in [9.17, 15) is 14.4 Å². The fourth-order valence-electron chi connectivity index (χ4n) is 5.02. The topological polar surface area (TPSA) is 87.7 Å². The van der Waals surface area contributed by atoms with Gasteiger partial charge >= 0.3 is 6.09 Å². The van der Waals surface area contributed by atoms with Crippen molar-refractivity contribution >= 4 is 34.4 Å². The number of nitrogens with zero attached hydrogens (tertiary/aromatic N) is 1. The van der Waals surface area contributed by atoms with Crippen molar-refractivity contribution in [2.45, 2.75) is 58.2 Å². The van der Waals surface area contributed by atoms with Crippen LogP contribution in [0, 0.1) is 12.3 Å². The number of nitrogens with one attached hydrogen (secondary N) is 2. The second-order valence-electron chi connectivity index (χ2n) is 11.6. The van der Waals surface area contributed by atoms with Crippen molar-refractivity contribution in [2.75, 3.05) is 11.9 Å². The van der Waals surface area contributed by atoms with Gasteiger partial charge in [0.2, 0.25) is 5.91 Å². The van der Waals surface area contributed by atoms with E-state index in [1.165, 1.54) is 4.90 Å². The van der Waals surface area contributed by atoms with E-state index in [0.29, 0.717) is 23.2 Å². The van der Waals surface area contributed by atoms with Crippen molar-refractivity contribution < 1.29 is 19.1 Å². The molecule has 4 rings (SSSR count). The van der Waals surface area contributed by atoms with E-state index in [2.05, 4.69) is 16.6 Å². The Kier molecular flexibility index (Phi) is 10.4. The minimum absolute atomic E-state index is 0.216. The molecule has 0 aliphatic heterocycles. The van der Waals surface area contributed by atoms with E-state index in [-0.39, 0.29) is 18.9 Å². The Labute approximate surface area is 259 Å². The van der Waals surface area contributed by atoms with Crippen LogP contribution in [0.5, 0.6) is 0 Å². The SMILES string of the molecule is C#Cc1ccc(C(C(=O)Nc2ccc3ccccc3c2)N(CCC)C(=O)C(Cc2ccccc2)NC(=O)OC(C)(C)C)cc1. The molecule has 7 heteroatoms. The molecule has 0 aromatic heterocycles. The van der Waals surface area contributed by atoms with Gasteiger partial charge in [0.15, 0.2) is 0 Å². The van der Waals surface area contributed by atoms with Gasteiger partial charge in [0.25, 0.3) is 5.91 Å². The standard InChI is InChI=1S/C37H39N3O4/c1-6-23-40(35(42)32(24-27-13-9-8-10-14-27)39-36(43)44-37(3,4)5)33(29-19-17-26(7-2)18-20-29)34(41)38-31-22-21-28-15-11-12-16-30(28)25-31/h2,8-22,25,32-33H,6,23-24H2,1,3-5H3,(H,38,41)(H,39,43). The van der Waals surface area contributed by atoms with Crippen LogP contribution >= 0.6 is 0 Å².